The Kier molecular flexibility index (Phi) is 9.66. The summed E-state index contributed by atoms with van der Waals surface area (Å²) in [6.07, 6.45) is 6.07. The summed E-state index contributed by atoms with van der Waals surface area (Å²) in [4.78, 5) is 8.97. The summed E-state index contributed by atoms with van der Waals surface area (Å²) < 4.78 is 84.8. The Morgan fingerprint density at radius 1 is 0.750 bits per heavy atom. The lowest BCUT2D eigenvalue weighted by Crippen LogP contribution is -2.20. The van der Waals surface area contributed by atoms with Crippen LogP contribution in [0.1, 0.15) is 55.7 Å². The molecule has 212 valence electrons. The maximum Gasteiger partial charge on any atom is 0.422 e. The zero-order valence-electron chi connectivity index (χ0n) is 22.1. The molecule has 40 heavy (non-hydrogen) atoms. The van der Waals surface area contributed by atoms with Crippen LogP contribution in [0.25, 0.3) is 22.2 Å². The highest BCUT2D eigenvalue weighted by Gasteiger charge is 2.30. The van der Waals surface area contributed by atoms with Crippen molar-refractivity contribution in [2.24, 2.45) is 0 Å². The number of halogens is 6. The van der Waals surface area contributed by atoms with Gasteiger partial charge in [-0.25, -0.2) is 23.1 Å². The lowest BCUT2D eigenvalue weighted by molar-refractivity contribution is -0.154. The van der Waals surface area contributed by atoms with Gasteiger partial charge in [0.15, 0.2) is 29.8 Å². The van der Waals surface area contributed by atoms with Crippen molar-refractivity contribution in [1.82, 2.24) is 9.97 Å². The molecule has 1 heterocycles. The highest BCUT2D eigenvalue weighted by Crippen LogP contribution is 2.29. The molecule has 0 saturated heterocycles. The molecule has 4 rings (SSSR count). The van der Waals surface area contributed by atoms with Gasteiger partial charge in [-0.2, -0.15) is 13.2 Å². The molecule has 9 heteroatoms. The second-order valence-corrected chi connectivity index (χ2v) is 9.85. The SMILES string of the molecule is CCCCCCCc1cnc(-c2ccc3c(F)c(CCc4cc(F)c(OCC(F)(F)F)c(F)c4)ccc3c2)nc1. The molecule has 0 aliphatic rings. The van der Waals surface area contributed by atoms with Crippen LogP contribution in [0.5, 0.6) is 5.75 Å². The standard InChI is InChI=1S/C31H30F6N2O/c1-2-3-4-5-6-7-21-17-38-30(39-18-21)24-12-13-25-23(16-24)11-10-22(28(25)34)9-8-20-14-26(32)29(27(33)15-20)40-19-31(35,36)37/h10-18H,2-9,19H2,1H3. The summed E-state index contributed by atoms with van der Waals surface area (Å²) in [7, 11) is 0. The first-order valence-electron chi connectivity index (χ1n) is 13.3. The van der Waals surface area contributed by atoms with Gasteiger partial charge < -0.3 is 4.74 Å². The fourth-order valence-corrected chi connectivity index (χ4v) is 4.56. The number of rotatable bonds is 12. The average molecular weight is 561 g/mol. The Hall–Kier alpha value is -3.62. The van der Waals surface area contributed by atoms with Crippen molar-refractivity contribution < 1.29 is 31.1 Å². The first-order valence-corrected chi connectivity index (χ1v) is 13.3. The molecule has 0 N–H and O–H groups in total. The van der Waals surface area contributed by atoms with Crippen LogP contribution in [0.2, 0.25) is 0 Å². The van der Waals surface area contributed by atoms with Crippen LogP contribution in [0.15, 0.2) is 54.9 Å². The number of hydrogen-bond acceptors (Lipinski definition) is 3. The lowest BCUT2D eigenvalue weighted by Gasteiger charge is -2.12. The van der Waals surface area contributed by atoms with E-state index in [0.29, 0.717) is 22.2 Å². The molecule has 4 aromatic rings. The fraction of sp³-hybridized carbons (Fsp3) is 0.355. The van der Waals surface area contributed by atoms with Gasteiger partial charge in [0.2, 0.25) is 0 Å². The van der Waals surface area contributed by atoms with E-state index in [0.717, 1.165) is 36.1 Å². The van der Waals surface area contributed by atoms with Crippen molar-refractivity contribution in [2.45, 2.75) is 64.5 Å². The molecule has 1 aromatic heterocycles. The van der Waals surface area contributed by atoms with Gasteiger partial charge in [-0.05, 0) is 66.0 Å². The number of aryl methyl sites for hydroxylation is 3. The van der Waals surface area contributed by atoms with Crippen LogP contribution in [0.3, 0.4) is 0 Å². The van der Waals surface area contributed by atoms with Gasteiger partial charge in [0.05, 0.1) is 0 Å². The Morgan fingerprint density at radius 2 is 1.45 bits per heavy atom. The summed E-state index contributed by atoms with van der Waals surface area (Å²) in [6.45, 7) is 0.384. The third kappa shape index (κ3) is 7.73. The molecular weight excluding hydrogens is 530 g/mol. The molecule has 0 unspecified atom stereocenters. The Balaban J connectivity index is 1.42. The van der Waals surface area contributed by atoms with Crippen LogP contribution in [0.4, 0.5) is 26.3 Å². The fourth-order valence-electron chi connectivity index (χ4n) is 4.56. The van der Waals surface area contributed by atoms with E-state index >= 15 is 4.39 Å². The zero-order chi connectivity index (χ0) is 28.7. The summed E-state index contributed by atoms with van der Waals surface area (Å²) in [5, 5.41) is 1.05. The van der Waals surface area contributed by atoms with Crippen LogP contribution in [-0.4, -0.2) is 22.8 Å². The minimum atomic E-state index is -4.73. The smallest absolute Gasteiger partial charge is 0.422 e. The maximum absolute atomic E-state index is 15.3. The number of alkyl halides is 3. The number of fused-ring (bicyclic) bond motifs is 1. The highest BCUT2D eigenvalue weighted by molar-refractivity contribution is 5.87. The van der Waals surface area contributed by atoms with Gasteiger partial charge in [0.25, 0.3) is 0 Å². The minimum Gasteiger partial charge on any atom is -0.478 e. The highest BCUT2D eigenvalue weighted by atomic mass is 19.4. The van der Waals surface area contributed by atoms with E-state index < -0.39 is 36.0 Å². The quantitative estimate of drug-likeness (QED) is 0.128. The van der Waals surface area contributed by atoms with Gasteiger partial charge in [0, 0.05) is 23.3 Å². The number of unbranched alkanes of at least 4 members (excludes halogenated alkanes) is 4. The summed E-state index contributed by atoms with van der Waals surface area (Å²) in [5.74, 6) is -3.47. The molecule has 0 amide bonds. The van der Waals surface area contributed by atoms with Crippen molar-refractivity contribution in [1.29, 1.82) is 0 Å². The van der Waals surface area contributed by atoms with Crippen molar-refractivity contribution in [3.8, 4) is 17.1 Å². The molecule has 3 nitrogen and oxygen atoms in total. The molecule has 0 aliphatic heterocycles. The molecule has 0 aliphatic carbocycles. The minimum absolute atomic E-state index is 0.0761. The van der Waals surface area contributed by atoms with Crippen LogP contribution in [-0.2, 0) is 19.3 Å². The molecule has 0 atom stereocenters. The molecular formula is C31H30F6N2O. The van der Waals surface area contributed by atoms with Gasteiger partial charge in [-0.3, -0.25) is 0 Å². The Labute approximate surface area is 229 Å². The van der Waals surface area contributed by atoms with Crippen molar-refractivity contribution >= 4 is 10.8 Å². The number of ether oxygens (including phenoxy) is 1. The molecule has 0 radical (unpaired) electrons. The Bertz CT molecular complexity index is 1410. The second kappa shape index (κ2) is 13.2. The normalized spacial score (nSPS) is 11.8. The van der Waals surface area contributed by atoms with E-state index in [1.54, 1.807) is 24.3 Å². The van der Waals surface area contributed by atoms with E-state index in [1.165, 1.54) is 25.7 Å². The number of nitrogens with zero attached hydrogens (tertiary/aromatic N) is 2. The number of aromatic nitrogens is 2. The van der Waals surface area contributed by atoms with Crippen molar-refractivity contribution in [3.05, 3.63) is 89.0 Å². The largest absolute Gasteiger partial charge is 0.478 e. The molecule has 3 aromatic carbocycles. The lowest BCUT2D eigenvalue weighted by atomic mass is 9.98. The number of hydrogen-bond donors (Lipinski definition) is 0. The van der Waals surface area contributed by atoms with Crippen LogP contribution < -0.4 is 4.74 Å². The Morgan fingerprint density at radius 3 is 2.12 bits per heavy atom. The zero-order valence-corrected chi connectivity index (χ0v) is 22.1. The monoisotopic (exact) mass is 560 g/mol. The van der Waals surface area contributed by atoms with E-state index in [9.17, 15) is 22.0 Å². The van der Waals surface area contributed by atoms with E-state index in [-0.39, 0.29) is 18.4 Å². The van der Waals surface area contributed by atoms with Gasteiger partial charge >= 0.3 is 6.18 Å². The van der Waals surface area contributed by atoms with E-state index in [2.05, 4.69) is 21.6 Å². The van der Waals surface area contributed by atoms with Gasteiger partial charge in [0.1, 0.15) is 5.82 Å². The van der Waals surface area contributed by atoms with Crippen LogP contribution >= 0.6 is 0 Å². The third-order valence-electron chi connectivity index (χ3n) is 6.69. The summed E-state index contributed by atoms with van der Waals surface area (Å²) in [5.41, 5.74) is 2.36. The molecule has 0 spiro atoms. The maximum atomic E-state index is 15.3. The van der Waals surface area contributed by atoms with E-state index in [4.69, 9.17) is 0 Å². The first kappa shape index (κ1) is 29.4. The van der Waals surface area contributed by atoms with Gasteiger partial charge in [-0.1, -0.05) is 56.9 Å². The van der Waals surface area contributed by atoms with Crippen molar-refractivity contribution in [2.75, 3.05) is 6.61 Å². The van der Waals surface area contributed by atoms with Gasteiger partial charge in [-0.15, -0.1) is 0 Å². The predicted octanol–water partition coefficient (Wildman–Crippen LogP) is 8.95. The average Bonchev–Trinajstić information content (AvgIpc) is 2.92. The second-order valence-electron chi connectivity index (χ2n) is 9.85. The third-order valence-corrected chi connectivity index (χ3v) is 6.69. The predicted molar refractivity (Wildman–Crippen MR) is 143 cm³/mol. The van der Waals surface area contributed by atoms with Crippen LogP contribution in [0, 0.1) is 17.5 Å². The summed E-state index contributed by atoms with van der Waals surface area (Å²) in [6, 6.07) is 10.4. The summed E-state index contributed by atoms with van der Waals surface area (Å²) >= 11 is 0. The van der Waals surface area contributed by atoms with Crippen molar-refractivity contribution in [3.63, 3.8) is 0 Å². The molecule has 0 saturated carbocycles. The topological polar surface area (TPSA) is 35.0 Å². The molecule has 0 bridgehead atoms. The van der Waals surface area contributed by atoms with E-state index in [1.807, 2.05) is 18.5 Å². The number of benzene rings is 3. The first-order chi connectivity index (χ1) is 19.1. The molecule has 0 fully saturated rings.